The Bertz CT molecular complexity index is 458. The van der Waals surface area contributed by atoms with Gasteiger partial charge in [0.2, 0.25) is 0 Å². The molecule has 1 saturated carbocycles. The van der Waals surface area contributed by atoms with Gasteiger partial charge in [0, 0.05) is 18.3 Å². The van der Waals surface area contributed by atoms with Gasteiger partial charge in [-0.15, -0.1) is 0 Å². The van der Waals surface area contributed by atoms with E-state index in [0.717, 1.165) is 6.54 Å². The van der Waals surface area contributed by atoms with Crippen molar-refractivity contribution in [1.82, 2.24) is 4.90 Å². The zero-order valence-electron chi connectivity index (χ0n) is 11.4. The van der Waals surface area contributed by atoms with Crippen molar-refractivity contribution in [3.8, 4) is 5.75 Å². The number of nitrogens with zero attached hydrogens (tertiary/aromatic N) is 1. The Hall–Kier alpha value is -1.75. The third-order valence-electron chi connectivity index (χ3n) is 3.28. The van der Waals surface area contributed by atoms with Gasteiger partial charge < -0.3 is 20.1 Å². The van der Waals surface area contributed by atoms with Crippen LogP contribution in [0, 0.1) is 0 Å². The first-order valence-electron chi connectivity index (χ1n) is 6.42. The number of benzene rings is 1. The smallest absolute Gasteiger partial charge is 0.341 e. The number of methoxy groups -OCH3 is 1. The molecular weight excluding hydrogens is 244 g/mol. The van der Waals surface area contributed by atoms with Gasteiger partial charge in [0.05, 0.1) is 7.11 Å². The van der Waals surface area contributed by atoms with Gasteiger partial charge >= 0.3 is 5.97 Å². The minimum atomic E-state index is -0.433. The van der Waals surface area contributed by atoms with Gasteiger partial charge in [0.1, 0.15) is 17.9 Å². The summed E-state index contributed by atoms with van der Waals surface area (Å²) in [5.74, 6) is 0.0862. The van der Waals surface area contributed by atoms with Crippen molar-refractivity contribution in [2.24, 2.45) is 0 Å². The van der Waals surface area contributed by atoms with Crippen LogP contribution in [0.15, 0.2) is 18.2 Å². The number of nitrogen functional groups attached to an aromatic ring is 1. The van der Waals surface area contributed by atoms with E-state index in [-0.39, 0.29) is 0 Å². The number of hydrogen-bond acceptors (Lipinski definition) is 5. The van der Waals surface area contributed by atoms with Crippen LogP contribution < -0.4 is 10.5 Å². The molecule has 2 rings (SSSR count). The number of esters is 1. The van der Waals surface area contributed by atoms with Crippen molar-refractivity contribution in [3.63, 3.8) is 0 Å². The summed E-state index contributed by atoms with van der Waals surface area (Å²) in [5, 5.41) is 0. The number of nitrogens with two attached hydrogens (primary N) is 1. The van der Waals surface area contributed by atoms with Crippen LogP contribution in [0.4, 0.5) is 5.69 Å². The van der Waals surface area contributed by atoms with Crippen LogP contribution in [-0.4, -0.2) is 44.2 Å². The van der Waals surface area contributed by atoms with Gasteiger partial charge in [-0.3, -0.25) is 0 Å². The molecule has 104 valence electrons. The second kappa shape index (κ2) is 5.93. The summed E-state index contributed by atoms with van der Waals surface area (Å²) in [5.41, 5.74) is 6.56. The first-order chi connectivity index (χ1) is 9.11. The molecule has 1 aliphatic rings. The summed E-state index contributed by atoms with van der Waals surface area (Å²) in [6.07, 6.45) is 2.54. The minimum Gasteiger partial charge on any atom is -0.491 e. The van der Waals surface area contributed by atoms with Crippen LogP contribution in [0.2, 0.25) is 0 Å². The quantitative estimate of drug-likeness (QED) is 0.623. The van der Waals surface area contributed by atoms with E-state index in [2.05, 4.69) is 11.9 Å². The van der Waals surface area contributed by atoms with Crippen molar-refractivity contribution in [3.05, 3.63) is 23.8 Å². The third kappa shape index (κ3) is 3.61. The molecule has 1 aliphatic carbocycles. The third-order valence-corrected chi connectivity index (χ3v) is 3.28. The molecule has 1 aromatic rings. The maximum atomic E-state index is 11.6. The van der Waals surface area contributed by atoms with Crippen LogP contribution in [0.1, 0.15) is 23.2 Å². The fourth-order valence-electron chi connectivity index (χ4n) is 1.94. The first kappa shape index (κ1) is 13.7. The van der Waals surface area contributed by atoms with Crippen LogP contribution in [0.5, 0.6) is 5.75 Å². The molecule has 0 bridgehead atoms. The monoisotopic (exact) mass is 264 g/mol. The van der Waals surface area contributed by atoms with Crippen molar-refractivity contribution < 1.29 is 14.3 Å². The van der Waals surface area contributed by atoms with Crippen molar-refractivity contribution >= 4 is 11.7 Å². The average molecular weight is 264 g/mol. The highest BCUT2D eigenvalue weighted by Crippen LogP contribution is 2.25. The van der Waals surface area contributed by atoms with E-state index in [0.29, 0.717) is 29.6 Å². The summed E-state index contributed by atoms with van der Waals surface area (Å²) in [6.45, 7) is 1.39. The van der Waals surface area contributed by atoms with Crippen LogP contribution in [0.3, 0.4) is 0 Å². The van der Waals surface area contributed by atoms with Crippen molar-refractivity contribution in [2.45, 2.75) is 18.9 Å². The van der Waals surface area contributed by atoms with Crippen LogP contribution >= 0.6 is 0 Å². The molecule has 0 unspecified atom stereocenters. The normalized spacial score (nSPS) is 14.5. The number of rotatable bonds is 6. The van der Waals surface area contributed by atoms with E-state index in [9.17, 15) is 4.79 Å². The van der Waals surface area contributed by atoms with Gasteiger partial charge in [0.25, 0.3) is 0 Å². The van der Waals surface area contributed by atoms with Gasteiger partial charge in [-0.05, 0) is 38.1 Å². The lowest BCUT2D eigenvalue weighted by molar-refractivity contribution is 0.0595. The molecule has 0 heterocycles. The number of hydrogen-bond donors (Lipinski definition) is 1. The molecule has 1 fully saturated rings. The second-order valence-corrected chi connectivity index (χ2v) is 4.81. The predicted molar refractivity (Wildman–Crippen MR) is 73.3 cm³/mol. The lowest BCUT2D eigenvalue weighted by Gasteiger charge is -2.17. The zero-order chi connectivity index (χ0) is 13.8. The Morgan fingerprint density at radius 3 is 2.84 bits per heavy atom. The van der Waals surface area contributed by atoms with Crippen LogP contribution in [-0.2, 0) is 4.74 Å². The topological polar surface area (TPSA) is 64.8 Å². The number of ether oxygens (including phenoxy) is 2. The fraction of sp³-hybridized carbons (Fsp3) is 0.500. The lowest BCUT2D eigenvalue weighted by atomic mass is 10.2. The molecule has 1 aromatic carbocycles. The van der Waals surface area contributed by atoms with Gasteiger partial charge in [-0.1, -0.05) is 0 Å². The molecular formula is C14H20N2O3. The molecule has 0 spiro atoms. The maximum absolute atomic E-state index is 11.6. The molecule has 0 aliphatic heterocycles. The highest BCUT2D eigenvalue weighted by Gasteiger charge is 2.25. The zero-order valence-corrected chi connectivity index (χ0v) is 11.4. The maximum Gasteiger partial charge on any atom is 0.341 e. The molecule has 5 heteroatoms. The van der Waals surface area contributed by atoms with E-state index in [1.807, 2.05) is 0 Å². The summed E-state index contributed by atoms with van der Waals surface area (Å²) in [6, 6.07) is 5.70. The molecule has 0 saturated heterocycles. The molecule has 0 radical (unpaired) electrons. The van der Waals surface area contributed by atoms with Crippen LogP contribution in [0.25, 0.3) is 0 Å². The highest BCUT2D eigenvalue weighted by atomic mass is 16.5. The Kier molecular flexibility index (Phi) is 4.27. The summed E-state index contributed by atoms with van der Waals surface area (Å²) in [7, 11) is 3.43. The summed E-state index contributed by atoms with van der Waals surface area (Å²) >= 11 is 0. The SMILES string of the molecule is COC(=O)c1cc(N)ccc1OCCN(C)C1CC1. The molecule has 5 nitrogen and oxygen atoms in total. The Morgan fingerprint density at radius 1 is 1.47 bits per heavy atom. The predicted octanol–water partition coefficient (Wildman–Crippen LogP) is 1.53. The summed E-state index contributed by atoms with van der Waals surface area (Å²) < 4.78 is 10.4. The second-order valence-electron chi connectivity index (χ2n) is 4.81. The Labute approximate surface area is 113 Å². The van der Waals surface area contributed by atoms with Gasteiger partial charge in [0.15, 0.2) is 0 Å². The Morgan fingerprint density at radius 2 is 2.21 bits per heavy atom. The summed E-state index contributed by atoms with van der Waals surface area (Å²) in [4.78, 5) is 13.9. The first-order valence-corrected chi connectivity index (χ1v) is 6.42. The number of carbonyl (C=O) groups excluding carboxylic acids is 1. The number of likely N-dealkylation sites (N-methyl/N-ethyl adjacent to an activating group) is 1. The van der Waals surface area contributed by atoms with Crippen molar-refractivity contribution in [1.29, 1.82) is 0 Å². The molecule has 2 N–H and O–H groups in total. The minimum absolute atomic E-state index is 0.372. The van der Waals surface area contributed by atoms with Gasteiger partial charge in [-0.2, -0.15) is 0 Å². The van der Waals surface area contributed by atoms with E-state index >= 15 is 0 Å². The largest absolute Gasteiger partial charge is 0.491 e. The highest BCUT2D eigenvalue weighted by molar-refractivity contribution is 5.93. The molecule has 0 amide bonds. The van der Waals surface area contributed by atoms with E-state index < -0.39 is 5.97 Å². The lowest BCUT2D eigenvalue weighted by Crippen LogP contribution is -2.26. The number of carbonyl (C=O) groups is 1. The molecule has 19 heavy (non-hydrogen) atoms. The average Bonchev–Trinajstić information content (AvgIpc) is 3.23. The van der Waals surface area contributed by atoms with E-state index in [4.69, 9.17) is 15.2 Å². The Balaban J connectivity index is 1.96. The molecule has 0 aromatic heterocycles. The number of anilines is 1. The molecule has 0 atom stereocenters. The van der Waals surface area contributed by atoms with Crippen molar-refractivity contribution in [2.75, 3.05) is 33.0 Å². The van der Waals surface area contributed by atoms with E-state index in [1.54, 1.807) is 18.2 Å². The fourth-order valence-corrected chi connectivity index (χ4v) is 1.94. The van der Waals surface area contributed by atoms with Gasteiger partial charge in [-0.25, -0.2) is 4.79 Å². The van der Waals surface area contributed by atoms with E-state index in [1.165, 1.54) is 20.0 Å². The standard InChI is InChI=1S/C14H20N2O3/c1-16(11-4-5-11)7-8-19-13-6-3-10(15)9-12(13)14(17)18-2/h3,6,9,11H,4-5,7-8,15H2,1-2H3.